The zero-order chi connectivity index (χ0) is 6.40. The number of fused-ring (bicyclic) bond motifs is 1. The third-order valence-electron chi connectivity index (χ3n) is 4.99. The summed E-state index contributed by atoms with van der Waals surface area (Å²) in [5.41, 5.74) is 1.61. The molecule has 4 fully saturated rings. The summed E-state index contributed by atoms with van der Waals surface area (Å²) in [4.78, 5) is 0. The number of nitrogens with one attached hydrogen (secondary N) is 1. The summed E-state index contributed by atoms with van der Waals surface area (Å²) < 4.78 is 0. The fourth-order valence-electron chi connectivity index (χ4n) is 4.65. The fourth-order valence-corrected chi connectivity index (χ4v) is 4.65. The summed E-state index contributed by atoms with van der Waals surface area (Å²) in [6.45, 7) is 1.33. The van der Waals surface area contributed by atoms with Crippen molar-refractivity contribution in [3.8, 4) is 0 Å². The van der Waals surface area contributed by atoms with Crippen LogP contribution in [0.25, 0.3) is 0 Å². The van der Waals surface area contributed by atoms with Crippen molar-refractivity contribution in [2.45, 2.75) is 31.2 Å². The first-order chi connectivity index (χ1) is 4.89. The summed E-state index contributed by atoms with van der Waals surface area (Å²) in [5.74, 6) is 2.28. The minimum Gasteiger partial charge on any atom is -0.310 e. The third kappa shape index (κ3) is 0.219. The molecule has 0 radical (unpaired) electrons. The molecule has 1 spiro atoms. The van der Waals surface area contributed by atoms with Gasteiger partial charge in [0, 0.05) is 5.54 Å². The first-order valence-electron chi connectivity index (χ1n) is 4.64. The molecule has 4 rings (SSSR count). The van der Waals surface area contributed by atoms with E-state index in [2.05, 4.69) is 5.32 Å². The largest absolute Gasteiger partial charge is 0.310 e. The van der Waals surface area contributed by atoms with Crippen LogP contribution in [0.5, 0.6) is 0 Å². The van der Waals surface area contributed by atoms with Crippen LogP contribution in [0, 0.1) is 17.3 Å². The van der Waals surface area contributed by atoms with Gasteiger partial charge in [0.25, 0.3) is 0 Å². The van der Waals surface area contributed by atoms with Crippen LogP contribution in [0.1, 0.15) is 25.7 Å². The Morgan fingerprint density at radius 2 is 2.20 bits per heavy atom. The zero-order valence-electron chi connectivity index (χ0n) is 6.19. The first kappa shape index (κ1) is 4.76. The minimum atomic E-state index is 0.757. The highest BCUT2D eigenvalue weighted by molar-refractivity contribution is 5.40. The lowest BCUT2D eigenvalue weighted by molar-refractivity contribution is 0.0980. The maximum absolute atomic E-state index is 3.76. The maximum atomic E-state index is 3.76. The van der Waals surface area contributed by atoms with Gasteiger partial charge >= 0.3 is 0 Å². The summed E-state index contributed by atoms with van der Waals surface area (Å²) in [6.07, 6.45) is 6.20. The van der Waals surface area contributed by atoms with Gasteiger partial charge in [-0.15, -0.1) is 0 Å². The van der Waals surface area contributed by atoms with E-state index in [9.17, 15) is 0 Å². The molecule has 1 nitrogen and oxygen atoms in total. The molecule has 3 aliphatic carbocycles. The molecule has 4 unspecified atom stereocenters. The highest BCUT2D eigenvalue weighted by Crippen LogP contribution is 2.84. The van der Waals surface area contributed by atoms with Crippen LogP contribution < -0.4 is 5.32 Å². The quantitative estimate of drug-likeness (QED) is 0.525. The van der Waals surface area contributed by atoms with Crippen molar-refractivity contribution in [3.63, 3.8) is 0 Å². The Labute approximate surface area is 61.2 Å². The van der Waals surface area contributed by atoms with E-state index in [4.69, 9.17) is 0 Å². The van der Waals surface area contributed by atoms with Gasteiger partial charge in [-0.3, -0.25) is 0 Å². The lowest BCUT2D eigenvalue weighted by Gasteiger charge is -2.43. The molecular formula is C9H13N. The van der Waals surface area contributed by atoms with E-state index in [0.29, 0.717) is 0 Å². The van der Waals surface area contributed by atoms with Crippen molar-refractivity contribution in [3.05, 3.63) is 0 Å². The number of rotatable bonds is 0. The van der Waals surface area contributed by atoms with Gasteiger partial charge in [0.1, 0.15) is 0 Å². The van der Waals surface area contributed by atoms with E-state index in [1.807, 2.05) is 0 Å². The van der Waals surface area contributed by atoms with Crippen molar-refractivity contribution < 1.29 is 0 Å². The summed E-state index contributed by atoms with van der Waals surface area (Å²) in [7, 11) is 0. The van der Waals surface area contributed by atoms with E-state index in [1.54, 1.807) is 19.3 Å². The van der Waals surface area contributed by atoms with Crippen LogP contribution in [-0.2, 0) is 0 Å². The van der Waals surface area contributed by atoms with Crippen molar-refractivity contribution in [1.29, 1.82) is 0 Å². The van der Waals surface area contributed by atoms with E-state index >= 15 is 0 Å². The number of hydrogen-bond acceptors (Lipinski definition) is 1. The molecule has 1 heteroatoms. The fraction of sp³-hybridized carbons (Fsp3) is 1.00. The Bertz CT molecular complexity index is 210. The molecule has 0 bridgehead atoms. The lowest BCUT2D eigenvalue weighted by Crippen LogP contribution is -2.47. The van der Waals surface area contributed by atoms with Crippen molar-refractivity contribution >= 4 is 0 Å². The summed E-state index contributed by atoms with van der Waals surface area (Å²) in [6, 6.07) is 0. The van der Waals surface area contributed by atoms with E-state index in [-0.39, 0.29) is 0 Å². The standard InChI is InChI=1S/C9H13N/c1-2-8-3-4-10-9(8)6(1)7(9)5-8/h6-7,10H,1-5H2. The van der Waals surface area contributed by atoms with Crippen molar-refractivity contribution in [2.75, 3.05) is 6.54 Å². The van der Waals surface area contributed by atoms with Crippen LogP contribution >= 0.6 is 0 Å². The molecule has 1 aliphatic heterocycles. The van der Waals surface area contributed by atoms with Gasteiger partial charge in [0.2, 0.25) is 0 Å². The van der Waals surface area contributed by atoms with Crippen LogP contribution in [-0.4, -0.2) is 12.1 Å². The van der Waals surface area contributed by atoms with Gasteiger partial charge in [0.05, 0.1) is 0 Å². The van der Waals surface area contributed by atoms with Gasteiger partial charge in [0.15, 0.2) is 0 Å². The molecule has 1 heterocycles. The second-order valence-electron chi connectivity index (χ2n) is 4.78. The van der Waals surface area contributed by atoms with Crippen LogP contribution in [0.2, 0.25) is 0 Å². The summed E-state index contributed by atoms with van der Waals surface area (Å²) >= 11 is 0. The van der Waals surface area contributed by atoms with Crippen molar-refractivity contribution in [2.24, 2.45) is 17.3 Å². The molecule has 1 N–H and O–H groups in total. The molecule has 4 atom stereocenters. The molecule has 1 saturated heterocycles. The molecule has 0 amide bonds. The van der Waals surface area contributed by atoms with Gasteiger partial charge in [-0.1, -0.05) is 0 Å². The number of hydrogen-bond donors (Lipinski definition) is 1. The van der Waals surface area contributed by atoms with Gasteiger partial charge in [-0.2, -0.15) is 0 Å². The van der Waals surface area contributed by atoms with Crippen LogP contribution in [0.3, 0.4) is 0 Å². The second-order valence-corrected chi connectivity index (χ2v) is 4.78. The Hall–Kier alpha value is -0.0400. The maximum Gasteiger partial charge on any atom is 0.0301 e. The lowest BCUT2D eigenvalue weighted by atomic mass is 9.63. The normalized spacial score (nSPS) is 74.4. The average molecular weight is 135 g/mol. The average Bonchev–Trinajstić information content (AvgIpc) is 2.18. The molecule has 0 aromatic rings. The topological polar surface area (TPSA) is 12.0 Å². The molecule has 0 aromatic heterocycles. The van der Waals surface area contributed by atoms with Crippen molar-refractivity contribution in [1.82, 2.24) is 5.32 Å². The molecule has 54 valence electrons. The predicted octanol–water partition coefficient (Wildman–Crippen LogP) is 1.15. The highest BCUT2D eigenvalue weighted by Gasteiger charge is 2.86. The zero-order valence-corrected chi connectivity index (χ0v) is 6.19. The molecule has 0 aromatic carbocycles. The molecular weight excluding hydrogens is 122 g/mol. The smallest absolute Gasteiger partial charge is 0.0301 e. The monoisotopic (exact) mass is 135 g/mol. The van der Waals surface area contributed by atoms with E-state index in [1.165, 1.54) is 13.0 Å². The minimum absolute atomic E-state index is 0.757. The van der Waals surface area contributed by atoms with Gasteiger partial charge < -0.3 is 5.32 Å². The molecule has 10 heavy (non-hydrogen) atoms. The highest BCUT2D eigenvalue weighted by atomic mass is 15.2. The summed E-state index contributed by atoms with van der Waals surface area (Å²) in [5, 5.41) is 3.76. The Balaban J connectivity index is 1.97. The van der Waals surface area contributed by atoms with E-state index in [0.717, 1.165) is 22.8 Å². The Kier molecular flexibility index (Phi) is 0.471. The Morgan fingerprint density at radius 1 is 1.20 bits per heavy atom. The first-order valence-corrected chi connectivity index (χ1v) is 4.64. The van der Waals surface area contributed by atoms with Gasteiger partial charge in [-0.05, 0) is 49.5 Å². The van der Waals surface area contributed by atoms with Gasteiger partial charge in [-0.25, -0.2) is 0 Å². The third-order valence-corrected chi connectivity index (χ3v) is 4.99. The molecule has 3 saturated carbocycles. The van der Waals surface area contributed by atoms with Crippen LogP contribution in [0.15, 0.2) is 0 Å². The second kappa shape index (κ2) is 0.989. The molecule has 4 aliphatic rings. The van der Waals surface area contributed by atoms with Crippen LogP contribution in [0.4, 0.5) is 0 Å². The van der Waals surface area contributed by atoms with E-state index < -0.39 is 0 Å². The predicted molar refractivity (Wildman–Crippen MR) is 38.6 cm³/mol. The Morgan fingerprint density at radius 3 is 2.90 bits per heavy atom. The SMILES string of the molecule is C1CC23CCC4C(C2)C43N1.